The van der Waals surface area contributed by atoms with Crippen molar-refractivity contribution in [3.05, 3.63) is 70.1 Å². The Morgan fingerprint density at radius 3 is 2.69 bits per heavy atom. The molecule has 1 amide bonds. The molecule has 2 atom stereocenters. The Morgan fingerprint density at radius 1 is 1.16 bits per heavy atom. The lowest BCUT2D eigenvalue weighted by Crippen LogP contribution is -2.42. The number of hydrogen-bond acceptors (Lipinski definition) is 4. The summed E-state index contributed by atoms with van der Waals surface area (Å²) in [5, 5.41) is 10.1. The monoisotopic (exact) mass is 433 g/mol. The van der Waals surface area contributed by atoms with E-state index >= 15 is 0 Å². The van der Waals surface area contributed by atoms with E-state index in [1.807, 2.05) is 56.3 Å². The molecule has 2 aromatic carbocycles. The molecule has 1 aromatic heterocycles. The van der Waals surface area contributed by atoms with Crippen molar-refractivity contribution in [3.63, 3.8) is 0 Å². The van der Waals surface area contributed by atoms with Crippen LogP contribution < -0.4 is 5.63 Å². The third-order valence-corrected chi connectivity index (χ3v) is 6.38. The van der Waals surface area contributed by atoms with Crippen molar-refractivity contribution in [2.24, 2.45) is 5.92 Å². The van der Waals surface area contributed by atoms with Crippen LogP contribution in [-0.4, -0.2) is 35.0 Å². The minimum absolute atomic E-state index is 0.0429. The van der Waals surface area contributed by atoms with Gasteiger partial charge in [0.05, 0.1) is 5.92 Å². The van der Waals surface area contributed by atoms with E-state index in [9.17, 15) is 19.5 Å². The van der Waals surface area contributed by atoms with Crippen LogP contribution in [0.4, 0.5) is 0 Å². The van der Waals surface area contributed by atoms with Gasteiger partial charge in [-0.25, -0.2) is 4.79 Å². The second kappa shape index (κ2) is 8.99. The maximum absolute atomic E-state index is 12.8. The molecule has 1 unspecified atom stereocenters. The van der Waals surface area contributed by atoms with Gasteiger partial charge in [0.15, 0.2) is 0 Å². The Hall–Kier alpha value is -3.41. The van der Waals surface area contributed by atoms with Gasteiger partial charge in [-0.15, -0.1) is 0 Å². The molecule has 1 aliphatic rings. The maximum Gasteiger partial charge on any atom is 0.336 e. The first kappa shape index (κ1) is 21.8. The molecule has 2 heterocycles. The molecule has 1 saturated heterocycles. The van der Waals surface area contributed by atoms with E-state index in [2.05, 4.69) is 0 Å². The highest BCUT2D eigenvalue weighted by Gasteiger charge is 2.28. The summed E-state index contributed by atoms with van der Waals surface area (Å²) in [4.78, 5) is 38.0. The number of piperidine rings is 1. The van der Waals surface area contributed by atoms with E-state index in [1.165, 1.54) is 6.07 Å². The van der Waals surface area contributed by atoms with Crippen molar-refractivity contribution in [3.8, 4) is 11.1 Å². The Kier molecular flexibility index (Phi) is 6.12. The van der Waals surface area contributed by atoms with Crippen molar-refractivity contribution < 1.29 is 19.1 Å². The highest BCUT2D eigenvalue weighted by Crippen LogP contribution is 2.32. The van der Waals surface area contributed by atoms with Crippen LogP contribution in [0.1, 0.15) is 43.2 Å². The summed E-state index contributed by atoms with van der Waals surface area (Å²) in [6.45, 7) is 4.84. The highest BCUT2D eigenvalue weighted by molar-refractivity contribution is 5.94. The Labute approximate surface area is 186 Å². The third kappa shape index (κ3) is 4.44. The van der Waals surface area contributed by atoms with Gasteiger partial charge in [0.1, 0.15) is 5.58 Å². The SMILES string of the molecule is Cc1ccccc1-c1cc(=O)oc2cc([C@@H](C)CC(=O)N3CCCC(C(=O)O)C3)ccc12. The predicted molar refractivity (Wildman–Crippen MR) is 123 cm³/mol. The molecular formula is C26H27NO5. The fourth-order valence-corrected chi connectivity index (χ4v) is 4.50. The molecule has 3 aromatic rings. The van der Waals surface area contributed by atoms with E-state index in [0.29, 0.717) is 25.0 Å². The molecule has 32 heavy (non-hydrogen) atoms. The lowest BCUT2D eigenvalue weighted by molar-refractivity contribution is -0.145. The number of likely N-dealkylation sites (tertiary alicyclic amines) is 1. The van der Waals surface area contributed by atoms with Crippen molar-refractivity contribution in [1.29, 1.82) is 0 Å². The maximum atomic E-state index is 12.8. The number of carboxylic acids is 1. The molecule has 1 fully saturated rings. The van der Waals surface area contributed by atoms with E-state index in [4.69, 9.17) is 4.42 Å². The van der Waals surface area contributed by atoms with Crippen LogP contribution in [0, 0.1) is 12.8 Å². The van der Waals surface area contributed by atoms with Crippen LogP contribution in [0.2, 0.25) is 0 Å². The molecule has 1 aliphatic heterocycles. The highest BCUT2D eigenvalue weighted by atomic mass is 16.4. The number of aryl methyl sites for hydroxylation is 1. The molecule has 1 N–H and O–H groups in total. The van der Waals surface area contributed by atoms with Crippen LogP contribution in [-0.2, 0) is 9.59 Å². The van der Waals surface area contributed by atoms with E-state index in [1.54, 1.807) is 4.90 Å². The zero-order valence-corrected chi connectivity index (χ0v) is 18.3. The number of rotatable bonds is 5. The number of carbonyl (C=O) groups excluding carboxylic acids is 1. The number of carboxylic acid groups (broad SMARTS) is 1. The molecular weight excluding hydrogens is 406 g/mol. The summed E-state index contributed by atoms with van der Waals surface area (Å²) in [5.74, 6) is -1.47. The molecule has 0 saturated carbocycles. The van der Waals surface area contributed by atoms with Gasteiger partial charge in [0.25, 0.3) is 0 Å². The molecule has 6 nitrogen and oxygen atoms in total. The first-order valence-electron chi connectivity index (χ1n) is 11.0. The first-order chi connectivity index (χ1) is 15.3. The largest absolute Gasteiger partial charge is 0.481 e. The van der Waals surface area contributed by atoms with Crippen molar-refractivity contribution in [2.45, 2.75) is 39.0 Å². The number of amides is 1. The van der Waals surface area contributed by atoms with Gasteiger partial charge in [-0.1, -0.05) is 43.3 Å². The van der Waals surface area contributed by atoms with E-state index < -0.39 is 17.5 Å². The van der Waals surface area contributed by atoms with Gasteiger partial charge < -0.3 is 14.4 Å². The Bertz CT molecular complexity index is 1230. The number of aliphatic carboxylic acids is 1. The smallest absolute Gasteiger partial charge is 0.336 e. The molecule has 166 valence electrons. The zero-order chi connectivity index (χ0) is 22.8. The zero-order valence-electron chi connectivity index (χ0n) is 18.3. The second-order valence-electron chi connectivity index (χ2n) is 8.67. The van der Waals surface area contributed by atoms with Crippen LogP contribution in [0.25, 0.3) is 22.1 Å². The molecule has 0 radical (unpaired) electrons. The minimum Gasteiger partial charge on any atom is -0.481 e. The van der Waals surface area contributed by atoms with Gasteiger partial charge in [0.2, 0.25) is 5.91 Å². The number of benzene rings is 2. The quantitative estimate of drug-likeness (QED) is 0.595. The Morgan fingerprint density at radius 2 is 1.94 bits per heavy atom. The standard InChI is InChI=1S/C26H27NO5/c1-16-6-3-4-8-20(16)22-14-25(29)32-23-13-18(9-10-21(22)23)17(2)12-24(28)27-11-5-7-19(15-27)26(30)31/h3-4,6,8-10,13-14,17,19H,5,7,11-12,15H2,1-2H3,(H,30,31)/t17-,19?/m0/s1. The van der Waals surface area contributed by atoms with Crippen molar-refractivity contribution in [1.82, 2.24) is 4.90 Å². The fourth-order valence-electron chi connectivity index (χ4n) is 4.50. The Balaban J connectivity index is 1.59. The first-order valence-corrected chi connectivity index (χ1v) is 11.0. The number of fused-ring (bicyclic) bond motifs is 1. The molecule has 0 aliphatic carbocycles. The van der Waals surface area contributed by atoms with Gasteiger partial charge >= 0.3 is 11.6 Å². The number of carbonyl (C=O) groups is 2. The van der Waals surface area contributed by atoms with Crippen LogP contribution in [0.3, 0.4) is 0 Å². The van der Waals surface area contributed by atoms with E-state index in [-0.39, 0.29) is 24.8 Å². The molecule has 0 spiro atoms. The molecule has 0 bridgehead atoms. The van der Waals surface area contributed by atoms with Crippen LogP contribution >= 0.6 is 0 Å². The summed E-state index contributed by atoms with van der Waals surface area (Å²) in [5.41, 5.74) is 3.88. The van der Waals surface area contributed by atoms with E-state index in [0.717, 1.165) is 27.6 Å². The molecule has 6 heteroatoms. The van der Waals surface area contributed by atoms with Crippen LogP contribution in [0.15, 0.2) is 57.7 Å². The van der Waals surface area contributed by atoms with Crippen molar-refractivity contribution in [2.75, 3.05) is 13.1 Å². The average Bonchev–Trinajstić information content (AvgIpc) is 2.78. The lowest BCUT2D eigenvalue weighted by Gasteiger charge is -2.31. The predicted octanol–water partition coefficient (Wildman–Crippen LogP) is 4.59. The number of nitrogens with zero attached hydrogens (tertiary/aromatic N) is 1. The third-order valence-electron chi connectivity index (χ3n) is 6.38. The second-order valence-corrected chi connectivity index (χ2v) is 8.67. The number of hydrogen-bond donors (Lipinski definition) is 1. The van der Waals surface area contributed by atoms with Gasteiger partial charge in [-0.2, -0.15) is 0 Å². The average molecular weight is 434 g/mol. The van der Waals surface area contributed by atoms with Crippen LogP contribution in [0.5, 0.6) is 0 Å². The summed E-state index contributed by atoms with van der Waals surface area (Å²) in [6, 6.07) is 15.2. The lowest BCUT2D eigenvalue weighted by atomic mass is 9.92. The minimum atomic E-state index is -0.843. The summed E-state index contributed by atoms with van der Waals surface area (Å²) >= 11 is 0. The van der Waals surface area contributed by atoms with Gasteiger partial charge in [-0.05, 0) is 48.4 Å². The summed E-state index contributed by atoms with van der Waals surface area (Å²) in [6.07, 6.45) is 1.60. The topological polar surface area (TPSA) is 87.8 Å². The summed E-state index contributed by atoms with van der Waals surface area (Å²) < 4.78 is 5.50. The normalized spacial score (nSPS) is 17.3. The van der Waals surface area contributed by atoms with Gasteiger partial charge in [-0.3, -0.25) is 9.59 Å². The van der Waals surface area contributed by atoms with Crippen molar-refractivity contribution >= 4 is 22.8 Å². The summed E-state index contributed by atoms with van der Waals surface area (Å²) in [7, 11) is 0. The van der Waals surface area contributed by atoms with Gasteiger partial charge in [0, 0.05) is 36.5 Å². The molecule has 4 rings (SSSR count). The fraction of sp³-hybridized carbons (Fsp3) is 0.346.